The Hall–Kier alpha value is -1.47. The van der Waals surface area contributed by atoms with Gasteiger partial charge in [-0.05, 0) is 11.8 Å². The molecule has 0 spiro atoms. The van der Waals surface area contributed by atoms with Crippen LogP contribution in [0.15, 0.2) is 0 Å². The number of rotatable bonds is 7. The number of Topliss-reactive ketones (excluding diaryl/α,β-unsaturated/α-hetero) is 1. The predicted octanol–water partition coefficient (Wildman–Crippen LogP) is 1.35. The van der Waals surface area contributed by atoms with Gasteiger partial charge >= 0.3 is 11.9 Å². The van der Waals surface area contributed by atoms with Crippen molar-refractivity contribution < 1.29 is 33.7 Å². The van der Waals surface area contributed by atoms with Crippen molar-refractivity contribution in [3.05, 3.63) is 0 Å². The van der Waals surface area contributed by atoms with Gasteiger partial charge < -0.3 is 19.3 Å². The van der Waals surface area contributed by atoms with Crippen LogP contribution in [0.1, 0.15) is 41.0 Å². The third-order valence-corrected chi connectivity index (χ3v) is 4.47. The average Bonchev–Trinajstić information content (AvgIpc) is 2.48. The summed E-state index contributed by atoms with van der Waals surface area (Å²) in [6.45, 7) is 8.28. The van der Waals surface area contributed by atoms with E-state index in [0.717, 1.165) is 0 Å². The molecule has 5 atom stereocenters. The largest absolute Gasteiger partial charge is 0.459 e. The van der Waals surface area contributed by atoms with Crippen LogP contribution in [0, 0.1) is 23.7 Å². The summed E-state index contributed by atoms with van der Waals surface area (Å²) in [6.07, 6.45) is -2.45. The first-order valence-corrected chi connectivity index (χ1v) is 8.68. The van der Waals surface area contributed by atoms with Crippen molar-refractivity contribution in [3.63, 3.8) is 0 Å². The maximum atomic E-state index is 12.8. The highest BCUT2D eigenvalue weighted by Gasteiger charge is 2.54. The Balaban J connectivity index is 3.23. The van der Waals surface area contributed by atoms with Gasteiger partial charge in [-0.1, -0.05) is 27.7 Å². The van der Waals surface area contributed by atoms with Crippen LogP contribution in [-0.2, 0) is 28.6 Å². The first-order valence-electron chi connectivity index (χ1n) is 8.68. The first kappa shape index (κ1) is 21.6. The van der Waals surface area contributed by atoms with Crippen LogP contribution < -0.4 is 0 Å². The summed E-state index contributed by atoms with van der Waals surface area (Å²) in [7, 11) is 1.40. The van der Waals surface area contributed by atoms with E-state index in [2.05, 4.69) is 0 Å². The fourth-order valence-corrected chi connectivity index (χ4v) is 3.40. The quantitative estimate of drug-likeness (QED) is 0.686. The van der Waals surface area contributed by atoms with Gasteiger partial charge in [0, 0.05) is 26.4 Å². The van der Waals surface area contributed by atoms with Crippen molar-refractivity contribution in [3.8, 4) is 0 Å². The van der Waals surface area contributed by atoms with Gasteiger partial charge in [0.25, 0.3) is 0 Å². The molecule has 1 fully saturated rings. The van der Waals surface area contributed by atoms with Crippen molar-refractivity contribution in [1.29, 1.82) is 0 Å². The van der Waals surface area contributed by atoms with Crippen LogP contribution in [-0.4, -0.2) is 54.9 Å². The Labute approximate surface area is 149 Å². The van der Waals surface area contributed by atoms with Crippen molar-refractivity contribution in [1.82, 2.24) is 0 Å². The summed E-state index contributed by atoms with van der Waals surface area (Å²) in [5, 5.41) is 9.66. The second-order valence-electron chi connectivity index (χ2n) is 7.30. The standard InChI is InChI=1S/C18H30O7/c1-9(2)7-13(21)25-17-14(10(3)4)18(24-11(5)20)16(23-6)12(8-19)15(17)22/h9-10,12,14,16-19H,7-8H2,1-6H3/t12-,14+,16-,17-,18+/m1/s1. The topological polar surface area (TPSA) is 99.1 Å². The third kappa shape index (κ3) is 5.25. The summed E-state index contributed by atoms with van der Waals surface area (Å²) >= 11 is 0. The Bertz CT molecular complexity index is 486. The molecule has 7 nitrogen and oxygen atoms in total. The highest BCUT2D eigenvalue weighted by Crippen LogP contribution is 2.37. The molecule has 25 heavy (non-hydrogen) atoms. The number of aliphatic hydroxyl groups excluding tert-OH is 1. The lowest BCUT2D eigenvalue weighted by molar-refractivity contribution is -0.199. The van der Waals surface area contributed by atoms with E-state index >= 15 is 0 Å². The molecule has 7 heteroatoms. The van der Waals surface area contributed by atoms with Gasteiger partial charge in [0.05, 0.1) is 12.5 Å². The molecule has 0 unspecified atom stereocenters. The van der Waals surface area contributed by atoms with E-state index in [1.54, 1.807) is 0 Å². The Kier molecular flexibility index (Phi) is 8.02. The van der Waals surface area contributed by atoms with Gasteiger partial charge in [0.15, 0.2) is 11.9 Å². The number of esters is 2. The second-order valence-corrected chi connectivity index (χ2v) is 7.30. The lowest BCUT2D eigenvalue weighted by atomic mass is 9.70. The van der Waals surface area contributed by atoms with E-state index in [-0.39, 0.29) is 18.3 Å². The average molecular weight is 358 g/mol. The molecule has 0 saturated heterocycles. The summed E-state index contributed by atoms with van der Waals surface area (Å²) in [6, 6.07) is 0. The molecule has 0 bridgehead atoms. The van der Waals surface area contributed by atoms with Gasteiger partial charge in [0.2, 0.25) is 0 Å². The summed E-state index contributed by atoms with van der Waals surface area (Å²) < 4.78 is 16.3. The van der Waals surface area contributed by atoms with E-state index < -0.39 is 54.5 Å². The molecule has 1 N–H and O–H groups in total. The highest BCUT2D eigenvalue weighted by molar-refractivity contribution is 5.89. The van der Waals surface area contributed by atoms with E-state index in [4.69, 9.17) is 14.2 Å². The van der Waals surface area contributed by atoms with Crippen LogP contribution in [0.25, 0.3) is 0 Å². The molecule has 1 saturated carbocycles. The van der Waals surface area contributed by atoms with Crippen molar-refractivity contribution in [2.45, 2.75) is 59.4 Å². The van der Waals surface area contributed by atoms with Crippen LogP contribution in [0.3, 0.4) is 0 Å². The number of aliphatic hydroxyl groups is 1. The summed E-state index contributed by atoms with van der Waals surface area (Å²) in [5.74, 6) is -2.87. The van der Waals surface area contributed by atoms with Gasteiger partial charge in [-0.3, -0.25) is 14.4 Å². The van der Waals surface area contributed by atoms with Crippen LogP contribution in [0.4, 0.5) is 0 Å². The molecular weight excluding hydrogens is 328 g/mol. The zero-order valence-electron chi connectivity index (χ0n) is 15.9. The predicted molar refractivity (Wildman–Crippen MR) is 89.6 cm³/mol. The molecule has 0 amide bonds. The van der Waals surface area contributed by atoms with Crippen molar-refractivity contribution >= 4 is 17.7 Å². The van der Waals surface area contributed by atoms with Crippen LogP contribution in [0.2, 0.25) is 0 Å². The van der Waals surface area contributed by atoms with Crippen molar-refractivity contribution in [2.24, 2.45) is 23.7 Å². The summed E-state index contributed by atoms with van der Waals surface area (Å²) in [4.78, 5) is 36.5. The number of ketones is 1. The summed E-state index contributed by atoms with van der Waals surface area (Å²) in [5.41, 5.74) is 0. The highest BCUT2D eigenvalue weighted by atomic mass is 16.6. The molecule has 1 aliphatic rings. The minimum Gasteiger partial charge on any atom is -0.459 e. The van der Waals surface area contributed by atoms with E-state index in [0.29, 0.717) is 0 Å². The number of hydrogen-bond donors (Lipinski definition) is 1. The number of carbonyl (C=O) groups is 3. The van der Waals surface area contributed by atoms with Gasteiger partial charge in [-0.2, -0.15) is 0 Å². The minimum absolute atomic E-state index is 0.0910. The molecule has 0 aromatic carbocycles. The molecule has 0 aromatic rings. The van der Waals surface area contributed by atoms with Crippen LogP contribution >= 0.6 is 0 Å². The lowest BCUT2D eigenvalue weighted by Crippen LogP contribution is -2.61. The lowest BCUT2D eigenvalue weighted by Gasteiger charge is -2.45. The van der Waals surface area contributed by atoms with Gasteiger partial charge in [-0.15, -0.1) is 0 Å². The van der Waals surface area contributed by atoms with Gasteiger partial charge in [-0.25, -0.2) is 0 Å². The molecule has 0 aromatic heterocycles. The Morgan fingerprint density at radius 1 is 1.12 bits per heavy atom. The first-order chi connectivity index (χ1) is 11.6. The monoisotopic (exact) mass is 358 g/mol. The van der Waals surface area contributed by atoms with E-state index in [9.17, 15) is 19.5 Å². The molecule has 0 aliphatic heterocycles. The molecule has 1 rings (SSSR count). The van der Waals surface area contributed by atoms with Crippen LogP contribution in [0.5, 0.6) is 0 Å². The second kappa shape index (κ2) is 9.29. The maximum Gasteiger partial charge on any atom is 0.306 e. The fraction of sp³-hybridized carbons (Fsp3) is 0.833. The van der Waals surface area contributed by atoms with E-state index in [1.807, 2.05) is 27.7 Å². The zero-order chi connectivity index (χ0) is 19.3. The smallest absolute Gasteiger partial charge is 0.306 e. The number of carbonyl (C=O) groups excluding carboxylic acids is 3. The van der Waals surface area contributed by atoms with Gasteiger partial charge in [0.1, 0.15) is 12.2 Å². The normalized spacial score (nSPS) is 29.8. The fourth-order valence-electron chi connectivity index (χ4n) is 3.40. The molecule has 0 heterocycles. The molecule has 1 aliphatic carbocycles. The minimum atomic E-state index is -1.07. The SMILES string of the molecule is CO[C@H]1[C@@H](OC(C)=O)[C@@H](C(C)C)[C@@H](OC(=O)CC(C)C)C(=O)[C@H]1CO. The Morgan fingerprint density at radius 2 is 1.72 bits per heavy atom. The zero-order valence-corrected chi connectivity index (χ0v) is 15.9. The Morgan fingerprint density at radius 3 is 2.12 bits per heavy atom. The maximum absolute atomic E-state index is 12.8. The van der Waals surface area contributed by atoms with E-state index in [1.165, 1.54) is 14.0 Å². The molecule has 0 radical (unpaired) electrons. The number of methoxy groups -OCH3 is 1. The van der Waals surface area contributed by atoms with Crippen molar-refractivity contribution in [2.75, 3.05) is 13.7 Å². The molecule has 144 valence electrons. The number of hydrogen-bond acceptors (Lipinski definition) is 7. The number of ether oxygens (including phenoxy) is 3. The molecular formula is C18H30O7. The third-order valence-electron chi connectivity index (χ3n) is 4.47.